The second-order valence-electron chi connectivity index (χ2n) is 6.39. The second kappa shape index (κ2) is 5.20. The molecule has 0 amide bonds. The number of ether oxygens (including phenoxy) is 1. The molecule has 0 radical (unpaired) electrons. The first kappa shape index (κ1) is 13.9. The van der Waals surface area contributed by atoms with Crippen LogP contribution in [0.15, 0.2) is 0 Å². The number of carbonyl (C=O) groups is 1. The van der Waals surface area contributed by atoms with Gasteiger partial charge in [0.15, 0.2) is 0 Å². The van der Waals surface area contributed by atoms with Gasteiger partial charge in [-0.25, -0.2) is 0 Å². The van der Waals surface area contributed by atoms with Crippen molar-refractivity contribution >= 4 is 5.97 Å². The predicted octanol–water partition coefficient (Wildman–Crippen LogP) is 3.03. The molecule has 0 bridgehead atoms. The van der Waals surface area contributed by atoms with E-state index in [1.807, 2.05) is 13.8 Å². The molecule has 3 heteroatoms. The monoisotopic (exact) mass is 253 g/mol. The summed E-state index contributed by atoms with van der Waals surface area (Å²) < 4.78 is 5.31. The van der Waals surface area contributed by atoms with Gasteiger partial charge < -0.3 is 4.74 Å². The third kappa shape index (κ3) is 2.56. The number of nitrogens with one attached hydrogen (secondary N) is 1. The van der Waals surface area contributed by atoms with Crippen molar-refractivity contribution in [3.63, 3.8) is 0 Å². The maximum atomic E-state index is 12.3. The highest BCUT2D eigenvalue weighted by atomic mass is 16.5. The van der Waals surface area contributed by atoms with Gasteiger partial charge in [-0.1, -0.05) is 26.2 Å². The third-order valence-corrected chi connectivity index (χ3v) is 4.99. The standard InChI is InChI=1S/C15H27NO2/c1-4-18-13(17)15(3,14(2)10-11-14)16-12-8-6-5-7-9-12/h12,16H,4-11H2,1-3H3. The van der Waals surface area contributed by atoms with Crippen LogP contribution in [0, 0.1) is 5.41 Å². The molecule has 2 aliphatic carbocycles. The summed E-state index contributed by atoms with van der Waals surface area (Å²) in [4.78, 5) is 12.3. The lowest BCUT2D eigenvalue weighted by molar-refractivity contribution is -0.154. The lowest BCUT2D eigenvalue weighted by Crippen LogP contribution is -2.59. The van der Waals surface area contributed by atoms with Crippen LogP contribution >= 0.6 is 0 Å². The lowest BCUT2D eigenvalue weighted by atomic mass is 9.81. The van der Waals surface area contributed by atoms with E-state index >= 15 is 0 Å². The van der Waals surface area contributed by atoms with Crippen LogP contribution in [-0.2, 0) is 9.53 Å². The van der Waals surface area contributed by atoms with Gasteiger partial charge in [0.05, 0.1) is 6.61 Å². The maximum Gasteiger partial charge on any atom is 0.326 e. The Labute approximate surface area is 111 Å². The van der Waals surface area contributed by atoms with Crippen molar-refractivity contribution in [2.75, 3.05) is 6.61 Å². The van der Waals surface area contributed by atoms with Gasteiger partial charge in [0.2, 0.25) is 0 Å². The molecule has 0 aromatic carbocycles. The van der Waals surface area contributed by atoms with Gasteiger partial charge in [-0.2, -0.15) is 0 Å². The molecule has 0 saturated heterocycles. The highest BCUT2D eigenvalue weighted by Crippen LogP contribution is 2.54. The Kier molecular flexibility index (Phi) is 4.00. The Bertz CT molecular complexity index is 306. The maximum absolute atomic E-state index is 12.3. The summed E-state index contributed by atoms with van der Waals surface area (Å²) in [7, 11) is 0. The predicted molar refractivity (Wildman–Crippen MR) is 72.4 cm³/mol. The molecule has 2 rings (SSSR count). The number of hydrogen-bond acceptors (Lipinski definition) is 3. The van der Waals surface area contributed by atoms with Crippen LogP contribution in [0.3, 0.4) is 0 Å². The van der Waals surface area contributed by atoms with E-state index in [4.69, 9.17) is 4.74 Å². The van der Waals surface area contributed by atoms with Gasteiger partial charge in [0.25, 0.3) is 0 Å². The first-order valence-corrected chi connectivity index (χ1v) is 7.47. The zero-order chi connectivity index (χ0) is 13.2. The fourth-order valence-corrected chi connectivity index (χ4v) is 3.10. The molecular formula is C15H27NO2. The zero-order valence-corrected chi connectivity index (χ0v) is 12.1. The van der Waals surface area contributed by atoms with Crippen LogP contribution in [0.4, 0.5) is 0 Å². The van der Waals surface area contributed by atoms with Crippen molar-refractivity contribution in [2.45, 2.75) is 77.3 Å². The van der Waals surface area contributed by atoms with E-state index in [2.05, 4.69) is 12.2 Å². The minimum Gasteiger partial charge on any atom is -0.465 e. The number of hydrogen-bond donors (Lipinski definition) is 1. The largest absolute Gasteiger partial charge is 0.465 e. The van der Waals surface area contributed by atoms with Gasteiger partial charge in [-0.15, -0.1) is 0 Å². The quantitative estimate of drug-likeness (QED) is 0.765. The summed E-state index contributed by atoms with van der Waals surface area (Å²) in [5.41, 5.74) is -0.401. The van der Waals surface area contributed by atoms with Gasteiger partial charge in [-0.3, -0.25) is 10.1 Å². The van der Waals surface area contributed by atoms with E-state index in [0.29, 0.717) is 12.6 Å². The van der Waals surface area contributed by atoms with Gasteiger partial charge in [0.1, 0.15) is 5.54 Å². The first-order chi connectivity index (χ1) is 8.52. The Morgan fingerprint density at radius 3 is 2.44 bits per heavy atom. The molecular weight excluding hydrogens is 226 g/mol. The fourth-order valence-electron chi connectivity index (χ4n) is 3.10. The summed E-state index contributed by atoms with van der Waals surface area (Å²) in [6, 6.07) is 0.491. The normalized spacial score (nSPS) is 26.4. The topological polar surface area (TPSA) is 38.3 Å². The summed E-state index contributed by atoms with van der Waals surface area (Å²) >= 11 is 0. The Morgan fingerprint density at radius 2 is 1.94 bits per heavy atom. The molecule has 2 saturated carbocycles. The van der Waals surface area contributed by atoms with E-state index in [1.165, 1.54) is 32.1 Å². The van der Waals surface area contributed by atoms with E-state index in [9.17, 15) is 4.79 Å². The molecule has 1 N–H and O–H groups in total. The highest BCUT2D eigenvalue weighted by molar-refractivity contribution is 5.82. The molecule has 2 fully saturated rings. The lowest BCUT2D eigenvalue weighted by Gasteiger charge is -2.39. The van der Waals surface area contributed by atoms with E-state index in [-0.39, 0.29) is 11.4 Å². The Balaban J connectivity index is 2.06. The van der Waals surface area contributed by atoms with E-state index < -0.39 is 5.54 Å². The minimum absolute atomic E-state index is 0.0597. The van der Waals surface area contributed by atoms with Crippen molar-refractivity contribution in [2.24, 2.45) is 5.41 Å². The van der Waals surface area contributed by atoms with Crippen molar-refractivity contribution in [3.8, 4) is 0 Å². The molecule has 0 heterocycles. The summed E-state index contributed by atoms with van der Waals surface area (Å²) in [6.07, 6.45) is 8.56. The summed E-state index contributed by atoms with van der Waals surface area (Å²) in [5, 5.41) is 3.64. The van der Waals surface area contributed by atoms with Crippen molar-refractivity contribution in [1.29, 1.82) is 0 Å². The van der Waals surface area contributed by atoms with Crippen LogP contribution in [0.1, 0.15) is 65.7 Å². The molecule has 0 aliphatic heterocycles. The van der Waals surface area contributed by atoms with Crippen molar-refractivity contribution < 1.29 is 9.53 Å². The van der Waals surface area contributed by atoms with Crippen LogP contribution in [0.5, 0.6) is 0 Å². The molecule has 0 aromatic rings. The van der Waals surface area contributed by atoms with E-state index in [1.54, 1.807) is 0 Å². The average molecular weight is 253 g/mol. The van der Waals surface area contributed by atoms with Crippen LogP contribution in [0.2, 0.25) is 0 Å². The SMILES string of the molecule is CCOC(=O)C(C)(NC1CCCCC1)C1(C)CC1. The number of carbonyl (C=O) groups excluding carboxylic acids is 1. The van der Waals surface area contributed by atoms with Crippen LogP contribution in [0.25, 0.3) is 0 Å². The van der Waals surface area contributed by atoms with Gasteiger partial charge >= 0.3 is 5.97 Å². The van der Waals surface area contributed by atoms with Crippen LogP contribution in [-0.4, -0.2) is 24.2 Å². The van der Waals surface area contributed by atoms with Crippen LogP contribution < -0.4 is 5.32 Å². The molecule has 1 atom stereocenters. The summed E-state index contributed by atoms with van der Waals surface area (Å²) in [5.74, 6) is -0.0597. The molecule has 18 heavy (non-hydrogen) atoms. The minimum atomic E-state index is -0.495. The molecule has 104 valence electrons. The number of rotatable bonds is 5. The Hall–Kier alpha value is -0.570. The molecule has 2 aliphatic rings. The molecule has 3 nitrogen and oxygen atoms in total. The zero-order valence-electron chi connectivity index (χ0n) is 12.1. The first-order valence-electron chi connectivity index (χ1n) is 7.47. The van der Waals surface area contributed by atoms with Gasteiger partial charge in [-0.05, 0) is 44.9 Å². The van der Waals surface area contributed by atoms with Gasteiger partial charge in [0, 0.05) is 6.04 Å². The molecule has 1 unspecified atom stereocenters. The van der Waals surface area contributed by atoms with Crippen molar-refractivity contribution in [3.05, 3.63) is 0 Å². The van der Waals surface area contributed by atoms with Crippen molar-refractivity contribution in [1.82, 2.24) is 5.32 Å². The van der Waals surface area contributed by atoms with E-state index in [0.717, 1.165) is 12.8 Å². The molecule has 0 aromatic heterocycles. The highest BCUT2D eigenvalue weighted by Gasteiger charge is 2.58. The Morgan fingerprint density at radius 1 is 1.33 bits per heavy atom. The number of esters is 1. The summed E-state index contributed by atoms with van der Waals surface area (Å²) in [6.45, 7) is 6.61. The third-order valence-electron chi connectivity index (χ3n) is 4.99. The fraction of sp³-hybridized carbons (Fsp3) is 0.933. The smallest absolute Gasteiger partial charge is 0.326 e. The average Bonchev–Trinajstić information content (AvgIpc) is 3.10. The second-order valence-corrected chi connectivity index (χ2v) is 6.39. The molecule has 0 spiro atoms.